The molecule has 0 bridgehead atoms. The van der Waals surface area contributed by atoms with Crippen LogP contribution in [0.15, 0.2) is 0 Å². The number of nitrogens with zero attached hydrogens (tertiary/aromatic N) is 1. The van der Waals surface area contributed by atoms with E-state index in [1.807, 2.05) is 0 Å². The SMILES string of the molecule is COCCN(CCOC)C(=O)CC(CN)CC(C)C. The molecule has 0 aliphatic heterocycles. The van der Waals surface area contributed by atoms with Gasteiger partial charge >= 0.3 is 0 Å². The number of ether oxygens (including phenoxy) is 2. The highest BCUT2D eigenvalue weighted by molar-refractivity contribution is 5.76. The molecule has 0 heterocycles. The summed E-state index contributed by atoms with van der Waals surface area (Å²) < 4.78 is 10.1. The Hall–Kier alpha value is -0.650. The van der Waals surface area contributed by atoms with E-state index < -0.39 is 0 Å². The molecule has 0 aliphatic rings. The van der Waals surface area contributed by atoms with Gasteiger partial charge in [0.15, 0.2) is 0 Å². The number of amides is 1. The molecule has 2 N–H and O–H groups in total. The predicted molar refractivity (Wildman–Crippen MR) is 76.9 cm³/mol. The fourth-order valence-corrected chi connectivity index (χ4v) is 2.07. The van der Waals surface area contributed by atoms with Gasteiger partial charge in [0.2, 0.25) is 5.91 Å². The van der Waals surface area contributed by atoms with Crippen LogP contribution < -0.4 is 5.73 Å². The van der Waals surface area contributed by atoms with Crippen LogP contribution in [-0.2, 0) is 14.3 Å². The topological polar surface area (TPSA) is 64.8 Å². The monoisotopic (exact) mass is 274 g/mol. The summed E-state index contributed by atoms with van der Waals surface area (Å²) in [7, 11) is 3.28. The van der Waals surface area contributed by atoms with Crippen molar-refractivity contribution in [2.75, 3.05) is 47.1 Å². The van der Waals surface area contributed by atoms with Gasteiger partial charge in [0.25, 0.3) is 0 Å². The molecule has 0 aromatic heterocycles. The number of methoxy groups -OCH3 is 2. The van der Waals surface area contributed by atoms with Crippen molar-refractivity contribution in [3.05, 3.63) is 0 Å². The van der Waals surface area contributed by atoms with Gasteiger partial charge in [0.1, 0.15) is 0 Å². The Bertz CT molecular complexity index is 227. The Morgan fingerprint density at radius 3 is 2.05 bits per heavy atom. The molecule has 5 nitrogen and oxygen atoms in total. The van der Waals surface area contributed by atoms with Crippen molar-refractivity contribution in [1.29, 1.82) is 0 Å². The van der Waals surface area contributed by atoms with E-state index in [4.69, 9.17) is 15.2 Å². The van der Waals surface area contributed by atoms with E-state index in [0.29, 0.717) is 45.2 Å². The van der Waals surface area contributed by atoms with Gasteiger partial charge in [-0.05, 0) is 24.8 Å². The first-order chi connectivity index (χ1) is 9.04. The average Bonchev–Trinajstić information content (AvgIpc) is 2.37. The molecule has 114 valence electrons. The van der Waals surface area contributed by atoms with E-state index >= 15 is 0 Å². The summed E-state index contributed by atoms with van der Waals surface area (Å²) in [4.78, 5) is 14.1. The average molecular weight is 274 g/mol. The zero-order valence-corrected chi connectivity index (χ0v) is 12.9. The van der Waals surface area contributed by atoms with Crippen LogP contribution in [0.2, 0.25) is 0 Å². The minimum Gasteiger partial charge on any atom is -0.383 e. The van der Waals surface area contributed by atoms with Crippen molar-refractivity contribution in [3.63, 3.8) is 0 Å². The highest BCUT2D eigenvalue weighted by Crippen LogP contribution is 2.15. The first kappa shape index (κ1) is 18.4. The van der Waals surface area contributed by atoms with Gasteiger partial charge in [-0.2, -0.15) is 0 Å². The van der Waals surface area contributed by atoms with Crippen LogP contribution >= 0.6 is 0 Å². The van der Waals surface area contributed by atoms with E-state index in [-0.39, 0.29) is 11.8 Å². The molecule has 0 aromatic carbocycles. The second-order valence-corrected chi connectivity index (χ2v) is 5.30. The molecule has 0 fully saturated rings. The van der Waals surface area contributed by atoms with E-state index in [2.05, 4.69) is 13.8 Å². The normalized spacial score (nSPS) is 12.7. The maximum absolute atomic E-state index is 12.3. The summed E-state index contributed by atoms with van der Waals surface area (Å²) in [6, 6.07) is 0. The van der Waals surface area contributed by atoms with E-state index in [1.54, 1.807) is 19.1 Å². The van der Waals surface area contributed by atoms with Crippen molar-refractivity contribution in [3.8, 4) is 0 Å². The van der Waals surface area contributed by atoms with Crippen LogP contribution in [0, 0.1) is 11.8 Å². The number of hydrogen-bond donors (Lipinski definition) is 1. The maximum Gasteiger partial charge on any atom is 0.223 e. The molecule has 0 spiro atoms. The van der Waals surface area contributed by atoms with Gasteiger partial charge in [0.05, 0.1) is 13.2 Å². The van der Waals surface area contributed by atoms with Crippen molar-refractivity contribution >= 4 is 5.91 Å². The molecule has 0 saturated heterocycles. The fraction of sp³-hybridized carbons (Fsp3) is 0.929. The summed E-state index contributed by atoms with van der Waals surface area (Å²) in [6.45, 7) is 7.18. The van der Waals surface area contributed by atoms with E-state index in [9.17, 15) is 4.79 Å². The number of rotatable bonds is 11. The molecule has 0 radical (unpaired) electrons. The minimum absolute atomic E-state index is 0.144. The fourth-order valence-electron chi connectivity index (χ4n) is 2.07. The van der Waals surface area contributed by atoms with Crippen LogP contribution in [0.3, 0.4) is 0 Å². The molecule has 0 aromatic rings. The van der Waals surface area contributed by atoms with E-state index in [1.165, 1.54) is 0 Å². The van der Waals surface area contributed by atoms with Gasteiger partial charge in [-0.1, -0.05) is 13.8 Å². The highest BCUT2D eigenvalue weighted by Gasteiger charge is 2.19. The molecule has 19 heavy (non-hydrogen) atoms. The maximum atomic E-state index is 12.3. The lowest BCUT2D eigenvalue weighted by atomic mass is 9.94. The summed E-state index contributed by atoms with van der Waals surface area (Å²) in [5, 5.41) is 0. The van der Waals surface area contributed by atoms with Crippen LogP contribution in [0.4, 0.5) is 0 Å². The molecule has 1 unspecified atom stereocenters. The molecule has 1 atom stereocenters. The Balaban J connectivity index is 4.33. The number of hydrogen-bond acceptors (Lipinski definition) is 4. The molecule has 0 rings (SSSR count). The second-order valence-electron chi connectivity index (χ2n) is 5.30. The van der Waals surface area contributed by atoms with Gasteiger partial charge < -0.3 is 20.1 Å². The molecular weight excluding hydrogens is 244 g/mol. The Kier molecular flexibility index (Phi) is 10.8. The van der Waals surface area contributed by atoms with Gasteiger partial charge in [-0.25, -0.2) is 0 Å². The Morgan fingerprint density at radius 2 is 1.68 bits per heavy atom. The van der Waals surface area contributed by atoms with Crippen molar-refractivity contribution in [2.24, 2.45) is 17.6 Å². The minimum atomic E-state index is 0.144. The summed E-state index contributed by atoms with van der Waals surface area (Å²) in [6.07, 6.45) is 1.51. The first-order valence-corrected chi connectivity index (χ1v) is 7.00. The predicted octanol–water partition coefficient (Wildman–Crippen LogP) is 1.12. The second kappa shape index (κ2) is 11.2. The molecule has 0 saturated carbocycles. The Morgan fingerprint density at radius 1 is 1.16 bits per heavy atom. The summed E-state index contributed by atoms with van der Waals surface area (Å²) >= 11 is 0. The van der Waals surface area contributed by atoms with Crippen LogP contribution in [0.5, 0.6) is 0 Å². The van der Waals surface area contributed by atoms with Crippen LogP contribution in [0.25, 0.3) is 0 Å². The first-order valence-electron chi connectivity index (χ1n) is 7.00. The molecule has 5 heteroatoms. The van der Waals surface area contributed by atoms with Gasteiger partial charge in [0, 0.05) is 33.7 Å². The number of carbonyl (C=O) groups excluding carboxylic acids is 1. The zero-order valence-electron chi connectivity index (χ0n) is 12.9. The third kappa shape index (κ3) is 8.97. The van der Waals surface area contributed by atoms with Gasteiger partial charge in [-0.15, -0.1) is 0 Å². The Labute approximate surface area is 117 Å². The molecule has 1 amide bonds. The quantitative estimate of drug-likeness (QED) is 0.613. The number of nitrogens with two attached hydrogens (primary N) is 1. The van der Waals surface area contributed by atoms with Crippen LogP contribution in [0.1, 0.15) is 26.7 Å². The van der Waals surface area contributed by atoms with Crippen molar-refractivity contribution in [1.82, 2.24) is 4.90 Å². The molecule has 0 aliphatic carbocycles. The highest BCUT2D eigenvalue weighted by atomic mass is 16.5. The van der Waals surface area contributed by atoms with Gasteiger partial charge in [-0.3, -0.25) is 4.79 Å². The van der Waals surface area contributed by atoms with Crippen molar-refractivity contribution in [2.45, 2.75) is 26.7 Å². The third-order valence-electron chi connectivity index (χ3n) is 3.08. The standard InChI is InChI=1S/C14H30N2O3/c1-12(2)9-13(11-15)10-14(17)16(5-7-18-3)6-8-19-4/h12-13H,5-11,15H2,1-4H3. The molecular formula is C14H30N2O3. The van der Waals surface area contributed by atoms with Crippen molar-refractivity contribution < 1.29 is 14.3 Å². The lowest BCUT2D eigenvalue weighted by Gasteiger charge is -2.25. The lowest BCUT2D eigenvalue weighted by molar-refractivity contribution is -0.133. The third-order valence-corrected chi connectivity index (χ3v) is 3.08. The summed E-state index contributed by atoms with van der Waals surface area (Å²) in [5.41, 5.74) is 5.75. The largest absolute Gasteiger partial charge is 0.383 e. The zero-order chi connectivity index (χ0) is 14.7. The lowest BCUT2D eigenvalue weighted by Crippen LogP contribution is -2.38. The van der Waals surface area contributed by atoms with Crippen LogP contribution in [-0.4, -0.2) is 57.9 Å². The number of carbonyl (C=O) groups is 1. The summed E-state index contributed by atoms with van der Waals surface area (Å²) in [5.74, 6) is 0.970. The smallest absolute Gasteiger partial charge is 0.223 e. The van der Waals surface area contributed by atoms with E-state index in [0.717, 1.165) is 6.42 Å².